The van der Waals surface area contributed by atoms with E-state index < -0.39 is 0 Å². The first kappa shape index (κ1) is 13.8. The third-order valence-corrected chi connectivity index (χ3v) is 4.39. The average Bonchev–Trinajstić information content (AvgIpc) is 3.16. The van der Waals surface area contributed by atoms with Crippen LogP contribution >= 0.6 is 0 Å². The molecule has 1 aromatic carbocycles. The van der Waals surface area contributed by atoms with Gasteiger partial charge in [-0.3, -0.25) is 4.79 Å². The van der Waals surface area contributed by atoms with Gasteiger partial charge in [0.25, 0.3) is 0 Å². The Labute approximate surface area is 131 Å². The molecule has 0 radical (unpaired) electrons. The van der Waals surface area contributed by atoms with Gasteiger partial charge in [-0.05, 0) is 24.1 Å². The molecule has 3 aromatic rings. The fourth-order valence-electron chi connectivity index (χ4n) is 3.12. The number of aryl methyl sites for hydroxylation is 1. The Bertz CT molecular complexity index is 920. The first-order valence-corrected chi connectivity index (χ1v) is 7.67. The van der Waals surface area contributed by atoms with Crippen molar-refractivity contribution in [2.45, 2.75) is 25.9 Å². The van der Waals surface area contributed by atoms with Crippen LogP contribution in [0.1, 0.15) is 17.7 Å². The van der Waals surface area contributed by atoms with E-state index >= 15 is 0 Å². The van der Waals surface area contributed by atoms with Gasteiger partial charge in [0.1, 0.15) is 0 Å². The molecule has 2 aromatic heterocycles. The number of hydrogen-bond acceptors (Lipinski definition) is 3. The monoisotopic (exact) mass is 311 g/mol. The highest BCUT2D eigenvalue weighted by atomic mass is 16.2. The lowest BCUT2D eigenvalue weighted by atomic mass is 9.95. The van der Waals surface area contributed by atoms with E-state index in [-0.39, 0.29) is 17.5 Å². The van der Waals surface area contributed by atoms with Gasteiger partial charge in [0.05, 0.1) is 17.4 Å². The van der Waals surface area contributed by atoms with Crippen LogP contribution in [0.25, 0.3) is 11.0 Å². The third kappa shape index (κ3) is 2.65. The van der Waals surface area contributed by atoms with Crippen molar-refractivity contribution in [1.82, 2.24) is 24.8 Å². The van der Waals surface area contributed by atoms with Gasteiger partial charge in [-0.25, -0.2) is 9.78 Å². The zero-order valence-corrected chi connectivity index (χ0v) is 12.5. The molecule has 0 spiro atoms. The first-order valence-electron chi connectivity index (χ1n) is 7.67. The topological polar surface area (TPSA) is 95.6 Å². The average molecular weight is 311 g/mol. The highest BCUT2D eigenvalue weighted by Gasteiger charge is 2.24. The molecular formula is C16H17N5O2. The third-order valence-electron chi connectivity index (χ3n) is 4.39. The lowest BCUT2D eigenvalue weighted by Gasteiger charge is -2.23. The molecule has 1 aliphatic rings. The summed E-state index contributed by atoms with van der Waals surface area (Å²) in [6, 6.07) is 5.62. The summed E-state index contributed by atoms with van der Waals surface area (Å²) in [6.45, 7) is 1.29. The molecule has 7 nitrogen and oxygen atoms in total. The zero-order valence-electron chi connectivity index (χ0n) is 12.5. The van der Waals surface area contributed by atoms with Gasteiger partial charge in [0, 0.05) is 37.3 Å². The Hall–Kier alpha value is -2.83. The van der Waals surface area contributed by atoms with Crippen LogP contribution in [0.5, 0.6) is 0 Å². The molecule has 118 valence electrons. The number of nitrogens with one attached hydrogen (secondary N) is 3. The summed E-state index contributed by atoms with van der Waals surface area (Å²) >= 11 is 0. The van der Waals surface area contributed by atoms with Crippen molar-refractivity contribution < 1.29 is 4.79 Å². The lowest BCUT2D eigenvalue weighted by Crippen LogP contribution is -2.34. The molecule has 3 heterocycles. The fraction of sp³-hybridized carbons (Fsp3) is 0.312. The fourth-order valence-corrected chi connectivity index (χ4v) is 3.12. The molecule has 1 aliphatic heterocycles. The summed E-state index contributed by atoms with van der Waals surface area (Å²) in [6.07, 6.45) is 5.21. The van der Waals surface area contributed by atoms with Crippen molar-refractivity contribution in [3.8, 4) is 0 Å². The smallest absolute Gasteiger partial charge is 0.323 e. The summed E-state index contributed by atoms with van der Waals surface area (Å²) in [5.74, 6) is 0.0649. The first-order chi connectivity index (χ1) is 11.2. The van der Waals surface area contributed by atoms with Crippen LogP contribution in [0, 0.1) is 5.92 Å². The summed E-state index contributed by atoms with van der Waals surface area (Å²) in [7, 11) is 0. The molecule has 7 heteroatoms. The Balaban J connectivity index is 1.41. The van der Waals surface area contributed by atoms with Gasteiger partial charge in [0.15, 0.2) is 0 Å². The molecule has 3 N–H and O–H groups in total. The van der Waals surface area contributed by atoms with E-state index in [2.05, 4.69) is 24.8 Å². The SMILES string of the molecule is O=C(NCc1ccc2[nH]c(=O)[nH]c2c1)C1CCn2cncc2C1. The highest BCUT2D eigenvalue weighted by molar-refractivity contribution is 5.79. The van der Waals surface area contributed by atoms with Gasteiger partial charge in [-0.1, -0.05) is 6.07 Å². The molecule has 0 aliphatic carbocycles. The van der Waals surface area contributed by atoms with Crippen molar-refractivity contribution in [2.24, 2.45) is 5.92 Å². The number of carbonyl (C=O) groups excluding carboxylic acids is 1. The van der Waals surface area contributed by atoms with Crippen molar-refractivity contribution in [3.63, 3.8) is 0 Å². The Morgan fingerprint density at radius 1 is 1.35 bits per heavy atom. The number of fused-ring (bicyclic) bond motifs is 2. The predicted octanol–water partition coefficient (Wildman–Crippen LogP) is 0.931. The van der Waals surface area contributed by atoms with Gasteiger partial charge < -0.3 is 19.9 Å². The second-order valence-electron chi connectivity index (χ2n) is 5.94. The summed E-state index contributed by atoms with van der Waals surface area (Å²) in [5.41, 5.74) is 3.37. The van der Waals surface area contributed by atoms with Gasteiger partial charge in [-0.2, -0.15) is 0 Å². The van der Waals surface area contributed by atoms with Gasteiger partial charge in [-0.15, -0.1) is 0 Å². The van der Waals surface area contributed by atoms with Crippen LogP contribution in [-0.2, 0) is 24.3 Å². The van der Waals surface area contributed by atoms with E-state index in [0.717, 1.165) is 41.7 Å². The number of rotatable bonds is 3. The molecule has 23 heavy (non-hydrogen) atoms. The van der Waals surface area contributed by atoms with Crippen LogP contribution in [0.4, 0.5) is 0 Å². The number of imidazole rings is 2. The van der Waals surface area contributed by atoms with Crippen LogP contribution in [-0.4, -0.2) is 25.4 Å². The minimum atomic E-state index is -0.222. The van der Waals surface area contributed by atoms with E-state index in [4.69, 9.17) is 0 Å². The lowest BCUT2D eigenvalue weighted by molar-refractivity contribution is -0.125. The number of benzene rings is 1. The van der Waals surface area contributed by atoms with Crippen molar-refractivity contribution in [1.29, 1.82) is 0 Å². The van der Waals surface area contributed by atoms with E-state index in [1.54, 1.807) is 0 Å². The number of hydrogen-bond donors (Lipinski definition) is 3. The maximum atomic E-state index is 12.4. The molecular weight excluding hydrogens is 294 g/mol. The van der Waals surface area contributed by atoms with Crippen molar-refractivity contribution in [2.75, 3.05) is 0 Å². The molecule has 1 amide bonds. The Morgan fingerprint density at radius 2 is 2.22 bits per heavy atom. The van der Waals surface area contributed by atoms with Crippen LogP contribution in [0.15, 0.2) is 35.5 Å². The van der Waals surface area contributed by atoms with Crippen molar-refractivity contribution in [3.05, 3.63) is 52.5 Å². The van der Waals surface area contributed by atoms with Crippen LogP contribution in [0.2, 0.25) is 0 Å². The molecule has 4 rings (SSSR count). The second kappa shape index (κ2) is 5.42. The molecule has 0 bridgehead atoms. The quantitative estimate of drug-likeness (QED) is 0.671. The summed E-state index contributed by atoms with van der Waals surface area (Å²) in [4.78, 5) is 33.2. The minimum Gasteiger partial charge on any atom is -0.352 e. The van der Waals surface area contributed by atoms with E-state index in [1.165, 1.54) is 0 Å². The molecule has 1 atom stereocenters. The molecule has 0 saturated carbocycles. The van der Waals surface area contributed by atoms with Crippen LogP contribution in [0.3, 0.4) is 0 Å². The largest absolute Gasteiger partial charge is 0.352 e. The van der Waals surface area contributed by atoms with Gasteiger partial charge in [0.2, 0.25) is 5.91 Å². The van der Waals surface area contributed by atoms with Crippen molar-refractivity contribution >= 4 is 16.9 Å². The van der Waals surface area contributed by atoms with E-state index in [1.807, 2.05) is 30.7 Å². The second-order valence-corrected chi connectivity index (χ2v) is 5.94. The number of amides is 1. The minimum absolute atomic E-state index is 0.00463. The standard InChI is InChI=1S/C16H17N5O2/c22-15(11-3-4-21-9-17-8-12(21)6-11)18-7-10-1-2-13-14(5-10)20-16(23)19-13/h1-2,5,8-9,11H,3-4,6-7H2,(H,18,22)(H2,19,20,23). The molecule has 1 unspecified atom stereocenters. The van der Waals surface area contributed by atoms with E-state index in [9.17, 15) is 9.59 Å². The Morgan fingerprint density at radius 3 is 3.13 bits per heavy atom. The molecule has 0 saturated heterocycles. The number of nitrogens with zero attached hydrogens (tertiary/aromatic N) is 2. The predicted molar refractivity (Wildman–Crippen MR) is 84.8 cm³/mol. The highest BCUT2D eigenvalue weighted by Crippen LogP contribution is 2.20. The normalized spacial score (nSPS) is 17.1. The maximum Gasteiger partial charge on any atom is 0.323 e. The number of aromatic nitrogens is 4. The van der Waals surface area contributed by atoms with Gasteiger partial charge >= 0.3 is 5.69 Å². The summed E-state index contributed by atoms with van der Waals surface area (Å²) < 4.78 is 2.10. The zero-order chi connectivity index (χ0) is 15.8. The van der Waals surface area contributed by atoms with E-state index in [0.29, 0.717) is 6.54 Å². The summed E-state index contributed by atoms with van der Waals surface area (Å²) in [5, 5.41) is 2.99. The number of carbonyl (C=O) groups is 1. The molecule has 0 fully saturated rings. The number of H-pyrrole nitrogens is 2. The number of aromatic amines is 2. The maximum absolute atomic E-state index is 12.4. The van der Waals surface area contributed by atoms with Crippen LogP contribution < -0.4 is 11.0 Å². The Kier molecular flexibility index (Phi) is 3.25.